The summed E-state index contributed by atoms with van der Waals surface area (Å²) in [6, 6.07) is 8.18. The van der Waals surface area contributed by atoms with E-state index in [1.165, 1.54) is 11.1 Å². The Bertz CT molecular complexity index is 952. The van der Waals surface area contributed by atoms with Crippen LogP contribution in [0, 0.1) is 6.92 Å². The molecule has 1 aliphatic heterocycles. The lowest BCUT2D eigenvalue weighted by molar-refractivity contribution is 0.624. The molecule has 0 unspecified atom stereocenters. The van der Waals surface area contributed by atoms with Gasteiger partial charge in [-0.05, 0) is 30.0 Å². The van der Waals surface area contributed by atoms with Crippen LogP contribution in [0.5, 0.6) is 0 Å². The Labute approximate surface area is 171 Å². The molecular formula is C21H26N8. The smallest absolute Gasteiger partial charge is 0.247 e. The van der Waals surface area contributed by atoms with E-state index in [2.05, 4.69) is 74.3 Å². The van der Waals surface area contributed by atoms with Crippen molar-refractivity contribution < 1.29 is 0 Å². The summed E-state index contributed by atoms with van der Waals surface area (Å²) in [6.07, 6.45) is 5.22. The Hall–Kier alpha value is -3.29. The number of rotatable bonds is 5. The molecule has 0 radical (unpaired) electrons. The van der Waals surface area contributed by atoms with E-state index in [9.17, 15) is 0 Å². The molecular weight excluding hydrogens is 364 g/mol. The highest BCUT2D eigenvalue weighted by atomic mass is 15.4. The van der Waals surface area contributed by atoms with Crippen LogP contribution in [0.4, 0.5) is 23.4 Å². The van der Waals surface area contributed by atoms with Crippen molar-refractivity contribution in [1.82, 2.24) is 25.1 Å². The Morgan fingerprint density at radius 1 is 0.931 bits per heavy atom. The zero-order valence-electron chi connectivity index (χ0n) is 17.1. The summed E-state index contributed by atoms with van der Waals surface area (Å²) in [5.74, 6) is 2.53. The van der Waals surface area contributed by atoms with Crippen LogP contribution in [0.2, 0.25) is 0 Å². The summed E-state index contributed by atoms with van der Waals surface area (Å²) in [5.41, 5.74) is 3.55. The van der Waals surface area contributed by atoms with Gasteiger partial charge < -0.3 is 15.1 Å². The summed E-state index contributed by atoms with van der Waals surface area (Å²) < 4.78 is 0. The van der Waals surface area contributed by atoms with Crippen LogP contribution in [-0.2, 0) is 0 Å². The minimum absolute atomic E-state index is 0.417. The Morgan fingerprint density at radius 2 is 1.62 bits per heavy atom. The molecule has 1 fully saturated rings. The molecule has 1 saturated heterocycles. The summed E-state index contributed by atoms with van der Waals surface area (Å²) in [7, 11) is 0. The Kier molecular flexibility index (Phi) is 5.50. The van der Waals surface area contributed by atoms with Crippen LogP contribution < -0.4 is 15.1 Å². The molecule has 2 aromatic heterocycles. The predicted molar refractivity (Wildman–Crippen MR) is 115 cm³/mol. The summed E-state index contributed by atoms with van der Waals surface area (Å²) in [6.45, 7) is 9.73. The number of nitrogens with zero attached hydrogens (tertiary/aromatic N) is 7. The van der Waals surface area contributed by atoms with Crippen LogP contribution >= 0.6 is 0 Å². The zero-order valence-corrected chi connectivity index (χ0v) is 17.1. The molecule has 3 heterocycles. The van der Waals surface area contributed by atoms with Crippen LogP contribution in [0.15, 0.2) is 42.9 Å². The van der Waals surface area contributed by atoms with Crippen LogP contribution in [-0.4, -0.2) is 51.3 Å². The van der Waals surface area contributed by atoms with E-state index >= 15 is 0 Å². The highest BCUT2D eigenvalue weighted by Crippen LogP contribution is 2.29. The third kappa shape index (κ3) is 4.26. The van der Waals surface area contributed by atoms with Crippen LogP contribution in [0.1, 0.15) is 30.9 Å². The van der Waals surface area contributed by atoms with Gasteiger partial charge in [0.15, 0.2) is 5.82 Å². The van der Waals surface area contributed by atoms with E-state index < -0.39 is 0 Å². The SMILES string of the molecule is Cc1cccc(C(C)C)c1Nc1cnnc(N2CCN(c3ncccn3)CC2)n1. The first-order valence-electron chi connectivity index (χ1n) is 9.95. The topological polar surface area (TPSA) is 83.0 Å². The number of piperazine rings is 1. The van der Waals surface area contributed by atoms with Gasteiger partial charge in [-0.2, -0.15) is 10.1 Å². The highest BCUT2D eigenvalue weighted by molar-refractivity contribution is 5.65. The molecule has 8 heteroatoms. The number of nitrogens with one attached hydrogen (secondary N) is 1. The number of aryl methyl sites for hydroxylation is 1. The van der Waals surface area contributed by atoms with Gasteiger partial charge in [-0.15, -0.1) is 5.10 Å². The molecule has 4 rings (SSSR count). The van der Waals surface area contributed by atoms with Gasteiger partial charge in [0.05, 0.1) is 6.20 Å². The Balaban J connectivity index is 1.48. The molecule has 0 aliphatic carbocycles. The maximum Gasteiger partial charge on any atom is 0.247 e. The first kappa shape index (κ1) is 19.0. The van der Waals surface area contributed by atoms with Crippen molar-refractivity contribution in [2.75, 3.05) is 41.3 Å². The average Bonchev–Trinajstić information content (AvgIpc) is 2.76. The van der Waals surface area contributed by atoms with E-state index in [4.69, 9.17) is 4.98 Å². The fourth-order valence-corrected chi connectivity index (χ4v) is 3.52. The molecule has 0 spiro atoms. The van der Waals surface area contributed by atoms with Gasteiger partial charge in [-0.25, -0.2) is 9.97 Å². The maximum atomic E-state index is 4.72. The quantitative estimate of drug-likeness (QED) is 0.711. The van der Waals surface area contributed by atoms with Crippen molar-refractivity contribution >= 4 is 23.4 Å². The number of aromatic nitrogens is 5. The molecule has 0 atom stereocenters. The van der Waals surface area contributed by atoms with Gasteiger partial charge in [-0.1, -0.05) is 32.0 Å². The van der Waals surface area contributed by atoms with Gasteiger partial charge >= 0.3 is 0 Å². The lowest BCUT2D eigenvalue weighted by Gasteiger charge is -2.34. The highest BCUT2D eigenvalue weighted by Gasteiger charge is 2.21. The van der Waals surface area contributed by atoms with E-state index in [1.807, 2.05) is 6.07 Å². The van der Waals surface area contributed by atoms with Crippen LogP contribution in [0.3, 0.4) is 0 Å². The molecule has 0 bridgehead atoms. The lowest BCUT2D eigenvalue weighted by Crippen LogP contribution is -2.47. The van der Waals surface area contributed by atoms with E-state index in [0.29, 0.717) is 17.7 Å². The first-order valence-corrected chi connectivity index (χ1v) is 9.95. The second-order valence-electron chi connectivity index (χ2n) is 7.48. The van der Waals surface area contributed by atoms with Crippen molar-refractivity contribution in [2.24, 2.45) is 0 Å². The average molecular weight is 390 g/mol. The fourth-order valence-electron chi connectivity index (χ4n) is 3.52. The molecule has 0 saturated carbocycles. The number of para-hydroxylation sites is 1. The fraction of sp³-hybridized carbons (Fsp3) is 0.381. The molecule has 3 aromatic rings. The Morgan fingerprint density at radius 3 is 2.31 bits per heavy atom. The van der Waals surface area contributed by atoms with E-state index in [-0.39, 0.29) is 0 Å². The second-order valence-corrected chi connectivity index (χ2v) is 7.48. The lowest BCUT2D eigenvalue weighted by atomic mass is 9.98. The zero-order chi connectivity index (χ0) is 20.2. The van der Waals surface area contributed by atoms with Gasteiger partial charge in [-0.3, -0.25) is 0 Å². The summed E-state index contributed by atoms with van der Waals surface area (Å²) >= 11 is 0. The van der Waals surface area contributed by atoms with Gasteiger partial charge in [0, 0.05) is 44.3 Å². The number of hydrogen-bond acceptors (Lipinski definition) is 8. The molecule has 29 heavy (non-hydrogen) atoms. The normalized spacial score (nSPS) is 14.3. The van der Waals surface area contributed by atoms with Crippen molar-refractivity contribution in [3.63, 3.8) is 0 Å². The van der Waals surface area contributed by atoms with Gasteiger partial charge in [0.1, 0.15) is 0 Å². The minimum Gasteiger partial charge on any atom is -0.338 e. The van der Waals surface area contributed by atoms with Crippen molar-refractivity contribution in [2.45, 2.75) is 26.7 Å². The summed E-state index contributed by atoms with van der Waals surface area (Å²) in [5, 5.41) is 11.9. The molecule has 1 aliphatic rings. The predicted octanol–water partition coefficient (Wildman–Crippen LogP) is 3.16. The summed E-state index contributed by atoms with van der Waals surface area (Å²) in [4.78, 5) is 17.7. The van der Waals surface area contributed by atoms with Crippen molar-refractivity contribution in [1.29, 1.82) is 0 Å². The molecule has 150 valence electrons. The third-order valence-electron chi connectivity index (χ3n) is 5.13. The standard InChI is InChI=1S/C21H26N8/c1-15(2)17-7-4-6-16(3)19(17)25-18-14-24-27-21(26-18)29-12-10-28(11-13-29)20-22-8-5-9-23-20/h4-9,14-15H,10-13H2,1-3H3,(H,25,26,27). The molecule has 0 amide bonds. The minimum atomic E-state index is 0.417. The van der Waals surface area contributed by atoms with E-state index in [1.54, 1.807) is 18.6 Å². The first-order chi connectivity index (χ1) is 14.1. The monoisotopic (exact) mass is 390 g/mol. The van der Waals surface area contributed by atoms with Gasteiger partial charge in [0.25, 0.3) is 0 Å². The van der Waals surface area contributed by atoms with Crippen molar-refractivity contribution in [3.8, 4) is 0 Å². The van der Waals surface area contributed by atoms with Crippen LogP contribution in [0.25, 0.3) is 0 Å². The largest absolute Gasteiger partial charge is 0.338 e. The molecule has 1 N–H and O–H groups in total. The maximum absolute atomic E-state index is 4.72. The van der Waals surface area contributed by atoms with E-state index in [0.717, 1.165) is 37.8 Å². The molecule has 1 aromatic carbocycles. The second kappa shape index (κ2) is 8.38. The van der Waals surface area contributed by atoms with Gasteiger partial charge in [0.2, 0.25) is 11.9 Å². The molecule has 8 nitrogen and oxygen atoms in total. The third-order valence-corrected chi connectivity index (χ3v) is 5.13. The number of anilines is 4. The number of benzene rings is 1. The number of hydrogen-bond donors (Lipinski definition) is 1. The van der Waals surface area contributed by atoms with Crippen molar-refractivity contribution in [3.05, 3.63) is 54.0 Å².